The normalized spacial score (nSPS) is 14.6. The van der Waals surface area contributed by atoms with Gasteiger partial charge in [0.15, 0.2) is 5.82 Å². The maximum absolute atomic E-state index is 12.6. The van der Waals surface area contributed by atoms with Gasteiger partial charge in [-0.25, -0.2) is 4.79 Å². The van der Waals surface area contributed by atoms with E-state index in [9.17, 15) is 14.4 Å². The number of imide groups is 1. The fourth-order valence-corrected chi connectivity index (χ4v) is 3.78. The van der Waals surface area contributed by atoms with Crippen LogP contribution in [0.4, 0.5) is 16.3 Å². The molecule has 0 saturated carbocycles. The fourth-order valence-electron chi connectivity index (χ4n) is 3.78. The highest BCUT2D eigenvalue weighted by Crippen LogP contribution is 2.31. The molecule has 0 spiro atoms. The van der Waals surface area contributed by atoms with Crippen molar-refractivity contribution in [1.82, 2.24) is 20.0 Å². The molecular weight excluding hydrogens is 372 g/mol. The molecule has 2 N–H and O–H groups in total. The van der Waals surface area contributed by atoms with Gasteiger partial charge in [-0.05, 0) is 44.5 Å². The summed E-state index contributed by atoms with van der Waals surface area (Å²) in [7, 11) is 1.77. The summed E-state index contributed by atoms with van der Waals surface area (Å²) in [6, 6.07) is 4.99. The molecule has 0 atom stereocenters. The number of fused-ring (bicyclic) bond motifs is 1. The highest BCUT2D eigenvalue weighted by Gasteiger charge is 2.23. The summed E-state index contributed by atoms with van der Waals surface area (Å²) in [5, 5.41) is 10.4. The van der Waals surface area contributed by atoms with Crippen molar-refractivity contribution in [3.8, 4) is 0 Å². The molecule has 29 heavy (non-hydrogen) atoms. The van der Waals surface area contributed by atoms with Crippen LogP contribution in [0.3, 0.4) is 0 Å². The summed E-state index contributed by atoms with van der Waals surface area (Å²) in [6.07, 6.45) is 4.55. The quantitative estimate of drug-likeness (QED) is 0.693. The van der Waals surface area contributed by atoms with Crippen molar-refractivity contribution in [2.24, 2.45) is 7.05 Å². The second kappa shape index (κ2) is 9.51. The molecule has 156 valence electrons. The Morgan fingerprint density at radius 2 is 2.00 bits per heavy atom. The molecule has 1 saturated heterocycles. The lowest BCUT2D eigenvalue weighted by molar-refractivity contribution is -0.117. The Labute approximate surface area is 170 Å². The van der Waals surface area contributed by atoms with E-state index in [1.807, 2.05) is 25.1 Å². The lowest BCUT2D eigenvalue weighted by atomic mass is 10.1. The Morgan fingerprint density at radius 1 is 1.24 bits per heavy atom. The Morgan fingerprint density at radius 3 is 2.69 bits per heavy atom. The summed E-state index contributed by atoms with van der Waals surface area (Å²) in [6.45, 7) is 4.62. The molecule has 9 nitrogen and oxygen atoms in total. The van der Waals surface area contributed by atoms with Gasteiger partial charge < -0.3 is 5.32 Å². The lowest BCUT2D eigenvalue weighted by Crippen LogP contribution is -2.40. The average molecular weight is 400 g/mol. The number of hydrogen-bond acceptors (Lipinski definition) is 5. The molecule has 1 aromatic heterocycles. The van der Waals surface area contributed by atoms with Gasteiger partial charge in [0, 0.05) is 19.0 Å². The molecule has 1 aliphatic rings. The molecule has 0 bridgehead atoms. The van der Waals surface area contributed by atoms with Crippen LogP contribution in [0.5, 0.6) is 0 Å². The number of rotatable bonds is 7. The summed E-state index contributed by atoms with van der Waals surface area (Å²) in [5.74, 6) is 0.391. The van der Waals surface area contributed by atoms with Gasteiger partial charge in [-0.1, -0.05) is 19.4 Å². The van der Waals surface area contributed by atoms with E-state index in [-0.39, 0.29) is 5.91 Å². The Kier molecular flexibility index (Phi) is 6.82. The molecule has 1 aliphatic heterocycles. The van der Waals surface area contributed by atoms with Crippen LogP contribution in [0.15, 0.2) is 18.2 Å². The topological polar surface area (TPSA) is 99.6 Å². The molecule has 1 aromatic carbocycles. The van der Waals surface area contributed by atoms with Gasteiger partial charge in [-0.2, -0.15) is 5.10 Å². The summed E-state index contributed by atoms with van der Waals surface area (Å²) >= 11 is 0. The number of aryl methyl sites for hydroxylation is 1. The number of hydrogen-bond donors (Lipinski definition) is 2. The van der Waals surface area contributed by atoms with E-state index in [1.54, 1.807) is 11.7 Å². The first-order valence-electron chi connectivity index (χ1n) is 10.0. The first kappa shape index (κ1) is 20.8. The summed E-state index contributed by atoms with van der Waals surface area (Å²) in [5.41, 5.74) is 1.38. The highest BCUT2D eigenvalue weighted by molar-refractivity contribution is 6.08. The minimum atomic E-state index is -0.526. The van der Waals surface area contributed by atoms with Crippen molar-refractivity contribution in [3.63, 3.8) is 0 Å². The van der Waals surface area contributed by atoms with Gasteiger partial charge in [0.25, 0.3) is 0 Å². The molecule has 9 heteroatoms. The number of carbonyl (C=O) groups excluding carboxylic acids is 3. The number of nitrogens with one attached hydrogen (secondary N) is 2. The number of benzene rings is 1. The van der Waals surface area contributed by atoms with Gasteiger partial charge in [0.2, 0.25) is 12.3 Å². The first-order chi connectivity index (χ1) is 14.0. The van der Waals surface area contributed by atoms with Crippen LogP contribution in [-0.4, -0.2) is 59.2 Å². The van der Waals surface area contributed by atoms with Crippen molar-refractivity contribution >= 4 is 40.8 Å². The van der Waals surface area contributed by atoms with Gasteiger partial charge in [-0.3, -0.25) is 29.4 Å². The number of amides is 4. The third-order valence-electron chi connectivity index (χ3n) is 5.07. The highest BCUT2D eigenvalue weighted by atomic mass is 16.2. The van der Waals surface area contributed by atoms with Crippen molar-refractivity contribution < 1.29 is 14.4 Å². The lowest BCUT2D eigenvalue weighted by Gasteiger charge is -2.25. The monoisotopic (exact) mass is 400 g/mol. The van der Waals surface area contributed by atoms with Gasteiger partial charge in [0.1, 0.15) is 0 Å². The molecule has 0 unspecified atom stereocenters. The van der Waals surface area contributed by atoms with Crippen LogP contribution in [0, 0.1) is 0 Å². The molecular formula is C20H28N6O3. The SMILES string of the molecule is CCCN(C(=O)NC=O)c1nn(C)c2c(NC(=O)CN3CCCCC3)cccc12. The zero-order chi connectivity index (χ0) is 20.8. The Bertz CT molecular complexity index is 888. The molecule has 0 aliphatic carbocycles. The van der Waals surface area contributed by atoms with E-state index in [4.69, 9.17) is 0 Å². The van der Waals surface area contributed by atoms with Crippen LogP contribution >= 0.6 is 0 Å². The number of urea groups is 1. The van der Waals surface area contributed by atoms with Crippen molar-refractivity contribution in [3.05, 3.63) is 18.2 Å². The smallest absolute Gasteiger partial charge is 0.323 e. The summed E-state index contributed by atoms with van der Waals surface area (Å²) < 4.78 is 1.65. The zero-order valence-electron chi connectivity index (χ0n) is 17.0. The molecule has 2 heterocycles. The Hall–Kier alpha value is -2.94. The van der Waals surface area contributed by atoms with Crippen LogP contribution in [-0.2, 0) is 16.6 Å². The van der Waals surface area contributed by atoms with E-state index < -0.39 is 6.03 Å². The largest absolute Gasteiger partial charge is 0.329 e. The third kappa shape index (κ3) is 4.73. The first-order valence-corrected chi connectivity index (χ1v) is 10.0. The number of carbonyl (C=O) groups is 3. The average Bonchev–Trinajstić information content (AvgIpc) is 3.04. The van der Waals surface area contributed by atoms with E-state index in [2.05, 4.69) is 20.6 Å². The predicted molar refractivity (Wildman–Crippen MR) is 112 cm³/mol. The van der Waals surface area contributed by atoms with Crippen LogP contribution in [0.2, 0.25) is 0 Å². The standard InChI is InChI=1S/C20H28N6O3/c1-3-10-26(20(29)21-14-27)19-15-8-7-9-16(18(15)24(2)23-19)22-17(28)13-25-11-5-4-6-12-25/h7-9,14H,3-6,10-13H2,1-2H3,(H,22,28)(H,21,27,29). The van der Waals surface area contributed by atoms with Crippen LogP contribution in [0.1, 0.15) is 32.6 Å². The summed E-state index contributed by atoms with van der Waals surface area (Å²) in [4.78, 5) is 39.2. The van der Waals surface area contributed by atoms with E-state index in [0.29, 0.717) is 37.4 Å². The van der Waals surface area contributed by atoms with E-state index >= 15 is 0 Å². The molecule has 2 aromatic rings. The van der Waals surface area contributed by atoms with Crippen molar-refractivity contribution in [2.75, 3.05) is 36.4 Å². The maximum Gasteiger partial charge on any atom is 0.329 e. The molecule has 0 radical (unpaired) electrons. The van der Waals surface area contributed by atoms with Crippen LogP contribution < -0.4 is 15.5 Å². The molecule has 3 rings (SSSR count). The number of para-hydroxylation sites is 1. The Balaban J connectivity index is 1.87. The number of aromatic nitrogens is 2. The number of anilines is 2. The van der Waals surface area contributed by atoms with Crippen molar-refractivity contribution in [1.29, 1.82) is 0 Å². The number of nitrogens with zero attached hydrogens (tertiary/aromatic N) is 4. The molecule has 1 fully saturated rings. The van der Waals surface area contributed by atoms with Gasteiger partial charge >= 0.3 is 6.03 Å². The second-order valence-electron chi connectivity index (χ2n) is 7.25. The van der Waals surface area contributed by atoms with Gasteiger partial charge in [-0.15, -0.1) is 0 Å². The maximum atomic E-state index is 12.6. The number of piperidine rings is 1. The van der Waals surface area contributed by atoms with E-state index in [1.165, 1.54) is 11.3 Å². The predicted octanol–water partition coefficient (Wildman–Crippen LogP) is 2.08. The van der Waals surface area contributed by atoms with E-state index in [0.717, 1.165) is 36.8 Å². The fraction of sp³-hybridized carbons (Fsp3) is 0.500. The van der Waals surface area contributed by atoms with Crippen LogP contribution in [0.25, 0.3) is 10.9 Å². The zero-order valence-corrected chi connectivity index (χ0v) is 17.0. The van der Waals surface area contributed by atoms with Gasteiger partial charge in [0.05, 0.1) is 17.7 Å². The second-order valence-corrected chi connectivity index (χ2v) is 7.25. The van der Waals surface area contributed by atoms with Crippen molar-refractivity contribution in [2.45, 2.75) is 32.6 Å². The minimum absolute atomic E-state index is 0.0636. The number of likely N-dealkylation sites (tertiary alicyclic amines) is 1. The third-order valence-corrected chi connectivity index (χ3v) is 5.07. The minimum Gasteiger partial charge on any atom is -0.323 e. The molecule has 4 amide bonds.